The Balaban J connectivity index is -0.00000500. The van der Waals surface area contributed by atoms with Crippen molar-refractivity contribution >= 4 is 47.4 Å². The molecule has 3 rings (SSSR count). The van der Waals surface area contributed by atoms with Gasteiger partial charge in [-0.05, 0) is 0 Å². The van der Waals surface area contributed by atoms with Crippen LogP contribution in [0, 0.1) is 17.8 Å². The predicted molar refractivity (Wildman–Crippen MR) is 139 cm³/mol. The van der Waals surface area contributed by atoms with Gasteiger partial charge in [0.05, 0.1) is 43.6 Å². The number of carboxylic acids is 1. The van der Waals surface area contributed by atoms with Crippen LogP contribution in [-0.2, 0) is 68.8 Å². The number of aliphatic hydroxyl groups excluding tert-OH is 3. The van der Waals surface area contributed by atoms with Crippen LogP contribution in [0.4, 0.5) is 0 Å². The van der Waals surface area contributed by atoms with E-state index in [-0.39, 0.29) is 148 Å². The zero-order chi connectivity index (χ0) is 36.6. The molecule has 0 aromatic heterocycles. The number of likely N-dealkylation sites (tertiary alicyclic amines) is 1. The Hall–Kier alpha value is 3.67. The summed E-state index contributed by atoms with van der Waals surface area (Å²) in [6.07, 6.45) is -13.7. The van der Waals surface area contributed by atoms with Gasteiger partial charge in [0.1, 0.15) is 18.3 Å². The Morgan fingerprint density at radius 2 is 1.21 bits per heavy atom. The first-order chi connectivity index (χ1) is 21.8. The molecule has 53 heavy (non-hydrogen) atoms. The molecule has 3 aliphatic heterocycles. The van der Waals surface area contributed by atoms with Gasteiger partial charge in [0.15, 0.2) is 26.9 Å². The van der Waals surface area contributed by atoms with E-state index in [1.54, 1.807) is 0 Å². The molecular formula is C19H30N3Na5O22S4. The third-order valence-electron chi connectivity index (χ3n) is 7.85. The second-order valence-corrected chi connectivity index (χ2v) is 15.3. The molecule has 0 aromatic carbocycles. The van der Waals surface area contributed by atoms with E-state index in [1.807, 2.05) is 0 Å². The van der Waals surface area contributed by atoms with Gasteiger partial charge in [-0.1, -0.05) is 0 Å². The van der Waals surface area contributed by atoms with Crippen molar-refractivity contribution in [3.8, 4) is 0 Å². The molecule has 3 heterocycles. The van der Waals surface area contributed by atoms with Gasteiger partial charge < -0.3 is 62.5 Å². The first-order valence-electron chi connectivity index (χ1n) is 13.3. The van der Waals surface area contributed by atoms with Crippen LogP contribution in [-0.4, -0.2) is 173 Å². The van der Waals surface area contributed by atoms with Crippen molar-refractivity contribution in [2.45, 2.75) is 55.0 Å². The largest absolute Gasteiger partial charge is 1.00 e. The molecule has 0 aliphatic carbocycles. The van der Waals surface area contributed by atoms with Crippen molar-refractivity contribution < 1.29 is 247 Å². The number of carbonyl (C=O) groups excluding carboxylic acids is 1. The van der Waals surface area contributed by atoms with Gasteiger partial charge in [-0.15, -0.1) is 0 Å². The van der Waals surface area contributed by atoms with Gasteiger partial charge in [0.2, 0.25) is 20.8 Å². The van der Waals surface area contributed by atoms with Gasteiger partial charge in [-0.25, -0.2) is 43.1 Å². The van der Waals surface area contributed by atoms with E-state index in [9.17, 15) is 77.1 Å². The summed E-state index contributed by atoms with van der Waals surface area (Å²) < 4.78 is 162. The summed E-state index contributed by atoms with van der Waals surface area (Å²) in [5.41, 5.74) is 0. The van der Waals surface area contributed by atoms with E-state index in [1.165, 1.54) is 14.3 Å². The smallest absolute Gasteiger partial charge is 0.735 e. The van der Waals surface area contributed by atoms with E-state index < -0.39 is 153 Å². The van der Waals surface area contributed by atoms with Gasteiger partial charge in [-0.3, -0.25) is 8.37 Å². The average Bonchev–Trinajstić information content (AvgIpc) is 3.34. The van der Waals surface area contributed by atoms with E-state index in [0.717, 1.165) is 7.11 Å². The van der Waals surface area contributed by atoms with Crippen LogP contribution in [0.25, 0.3) is 0 Å². The monoisotopic (exact) mass is 895 g/mol. The summed E-state index contributed by atoms with van der Waals surface area (Å²) in [6, 6.07) is -3.95. The van der Waals surface area contributed by atoms with Gasteiger partial charge in [0.25, 0.3) is 0 Å². The van der Waals surface area contributed by atoms with Gasteiger partial charge in [-0.2, -0.15) is 0 Å². The molecule has 3 fully saturated rings. The summed E-state index contributed by atoms with van der Waals surface area (Å²) in [5, 5.41) is 44.4. The Labute approximate surface area is 415 Å². The molecule has 0 saturated carbocycles. The Kier molecular flexibility index (Phi) is 28.7. The standard InChI is InChI=1S/C19H35N3O22S4.5Na/c1-40-19-13(21-46(31,32)33)14(23)9(10(44-19)5-41-47(34,35)36)4-22-2-7(8(3-22)18(26)27)17-12(20-45(28,29)30)16(25)15(24)11(43-17)6-42-48(37,38)39;;;;;/h7-17,19-21,23-25H,2-6H2,1H3,(H,26,27)(H,28,29,30)(H,31,32,33)(H,34,35,36)(H,37,38,39);;;;;/q;5*+1/p-5/t7-,8-,9+,10+,11+,12+,13+,14-,15+,16+,17+,19-;;;;;/m0...../s1. The maximum absolute atomic E-state index is 12.2. The fourth-order valence-electron chi connectivity index (χ4n) is 5.93. The number of ether oxygens (including phenoxy) is 3. The Morgan fingerprint density at radius 3 is 1.64 bits per heavy atom. The van der Waals surface area contributed by atoms with E-state index in [0.29, 0.717) is 0 Å². The summed E-state index contributed by atoms with van der Waals surface area (Å²) in [7, 11) is -20.6. The van der Waals surface area contributed by atoms with Crippen molar-refractivity contribution in [3.63, 3.8) is 0 Å². The first kappa shape index (κ1) is 61.0. The number of aliphatic carboxylic acids is 1. The summed E-state index contributed by atoms with van der Waals surface area (Å²) in [5.74, 6) is -6.58. The van der Waals surface area contributed by atoms with Crippen LogP contribution in [0.2, 0.25) is 0 Å². The fourth-order valence-corrected chi connectivity index (χ4v) is 7.73. The number of methoxy groups -OCH3 is 1. The van der Waals surface area contributed by atoms with Crippen LogP contribution < -0.4 is 162 Å². The molecule has 0 spiro atoms. The van der Waals surface area contributed by atoms with Crippen molar-refractivity contribution in [2.24, 2.45) is 17.8 Å². The molecule has 5 N–H and O–H groups in total. The first-order valence-corrected chi connectivity index (χ1v) is 18.8. The molecule has 25 nitrogen and oxygen atoms in total. The van der Waals surface area contributed by atoms with Crippen LogP contribution in [0.1, 0.15) is 0 Å². The quantitative estimate of drug-likeness (QED) is 0.0579. The van der Waals surface area contributed by atoms with Gasteiger partial charge in [0, 0.05) is 50.5 Å². The maximum atomic E-state index is 12.2. The molecule has 12 atom stereocenters. The normalized spacial score (nSPS) is 33.9. The molecule has 0 radical (unpaired) electrons. The van der Waals surface area contributed by atoms with E-state index in [2.05, 4.69) is 8.37 Å². The van der Waals surface area contributed by atoms with E-state index in [4.69, 9.17) is 14.2 Å². The van der Waals surface area contributed by atoms with Crippen molar-refractivity contribution in [1.29, 1.82) is 0 Å². The summed E-state index contributed by atoms with van der Waals surface area (Å²) >= 11 is 0. The minimum atomic E-state index is -5.47. The number of carbonyl (C=O) groups is 1. The number of hydrogen-bond acceptors (Lipinski definition) is 23. The van der Waals surface area contributed by atoms with Crippen molar-refractivity contribution in [2.75, 3.05) is 40.0 Å². The minimum Gasteiger partial charge on any atom is -0.735 e. The average molecular weight is 896 g/mol. The number of nitrogens with one attached hydrogen (secondary N) is 2. The molecule has 3 saturated heterocycles. The van der Waals surface area contributed by atoms with Crippen molar-refractivity contribution in [3.05, 3.63) is 0 Å². The molecule has 0 unspecified atom stereocenters. The molecule has 0 amide bonds. The number of aliphatic hydroxyl groups is 3. The van der Waals surface area contributed by atoms with Crippen LogP contribution in [0.3, 0.4) is 0 Å². The van der Waals surface area contributed by atoms with Crippen LogP contribution >= 0.6 is 0 Å². The zero-order valence-corrected chi connectivity index (χ0v) is 42.4. The Morgan fingerprint density at radius 1 is 0.736 bits per heavy atom. The minimum absolute atomic E-state index is 0. The third kappa shape index (κ3) is 19.1. The van der Waals surface area contributed by atoms with E-state index >= 15 is 0 Å². The van der Waals surface area contributed by atoms with Gasteiger partial charge >= 0.3 is 148 Å². The number of carboxylic acid groups (broad SMARTS) is 1. The Bertz CT molecular complexity index is 1600. The van der Waals surface area contributed by atoms with Crippen LogP contribution in [0.5, 0.6) is 0 Å². The SMILES string of the molecule is CO[C@H]1O[C@H](COS(=O)(=O)[O-])[C@@H](CN2C[C@H]([C@H]3O[C@H](COS(=O)(=O)[O-])[C@@H](O)[C@H](O)[C@H]3NS(=O)(=O)[O-])[C@@H](C(=O)[O-])C2)[C@H](O)[C@H]1NS(=O)(=O)[O-].[Na+].[Na+].[Na+].[Na+].[Na+]. The molecular weight excluding hydrogens is 865 g/mol. The maximum Gasteiger partial charge on any atom is 1.00 e. The van der Waals surface area contributed by atoms with Crippen molar-refractivity contribution in [1.82, 2.24) is 14.3 Å². The van der Waals surface area contributed by atoms with Crippen LogP contribution in [0.15, 0.2) is 0 Å². The molecule has 3 aliphatic rings. The second kappa shape index (κ2) is 24.9. The summed E-state index contributed by atoms with van der Waals surface area (Å²) in [4.78, 5) is 13.4. The number of nitrogens with zero attached hydrogens (tertiary/aromatic N) is 1. The molecule has 0 aromatic rings. The molecule has 34 heteroatoms. The second-order valence-electron chi connectivity index (χ2n) is 10.9. The molecule has 0 bridgehead atoms. The zero-order valence-electron chi connectivity index (χ0n) is 29.1. The topological polar surface area (TPSA) is 403 Å². The number of hydrogen-bond donors (Lipinski definition) is 5. The summed E-state index contributed by atoms with van der Waals surface area (Å²) in [6.45, 7) is -4.06. The molecule has 282 valence electrons. The predicted octanol–water partition coefficient (Wildman–Crippen LogP) is -24.1. The number of rotatable bonds is 15. The third-order valence-corrected chi connectivity index (χ3v) is 9.82. The fraction of sp³-hybridized carbons (Fsp3) is 0.947.